The van der Waals surface area contributed by atoms with E-state index in [-0.39, 0.29) is 17.9 Å². The third-order valence-corrected chi connectivity index (χ3v) is 5.34. The fourth-order valence-electron chi connectivity index (χ4n) is 3.45. The Hall–Kier alpha value is -1.84. The number of hydrogen-bond acceptors (Lipinski definition) is 2. The van der Waals surface area contributed by atoms with E-state index in [0.717, 1.165) is 37.2 Å². The van der Waals surface area contributed by atoms with Crippen molar-refractivity contribution in [3.05, 3.63) is 70.7 Å². The van der Waals surface area contributed by atoms with Crippen LogP contribution in [-0.4, -0.2) is 37.1 Å². The molecule has 3 nitrogen and oxygen atoms in total. The first kappa shape index (κ1) is 18.0. The molecule has 1 fully saturated rings. The fourth-order valence-corrected chi connectivity index (χ4v) is 3.71. The van der Waals surface area contributed by atoms with Gasteiger partial charge in [0.15, 0.2) is 0 Å². The second-order valence-electron chi connectivity index (χ2n) is 6.54. The van der Waals surface area contributed by atoms with E-state index in [1.165, 1.54) is 0 Å². The van der Waals surface area contributed by atoms with Gasteiger partial charge in [-0.05, 0) is 30.0 Å². The van der Waals surface area contributed by atoms with Crippen molar-refractivity contribution < 1.29 is 9.53 Å². The van der Waals surface area contributed by atoms with Crippen LogP contribution in [-0.2, 0) is 9.53 Å². The lowest BCUT2D eigenvalue weighted by molar-refractivity contribution is -0.133. The maximum atomic E-state index is 13.0. The molecule has 1 aliphatic heterocycles. The molecule has 0 aliphatic carbocycles. The highest BCUT2D eigenvalue weighted by Gasteiger charge is 2.26. The molecule has 4 heteroatoms. The summed E-state index contributed by atoms with van der Waals surface area (Å²) in [6.07, 6.45) is 2.23. The van der Waals surface area contributed by atoms with Crippen molar-refractivity contribution in [2.45, 2.75) is 31.2 Å². The molecule has 132 valence electrons. The van der Waals surface area contributed by atoms with Crippen LogP contribution < -0.4 is 0 Å². The van der Waals surface area contributed by atoms with Crippen LogP contribution in [0.5, 0.6) is 0 Å². The molecule has 0 radical (unpaired) electrons. The van der Waals surface area contributed by atoms with Gasteiger partial charge in [0.25, 0.3) is 0 Å². The lowest BCUT2D eigenvalue weighted by atomic mass is 9.88. The van der Waals surface area contributed by atoms with Crippen LogP contribution in [0, 0.1) is 0 Å². The molecule has 2 aromatic carbocycles. The molecular formula is C21H24ClNO2. The summed E-state index contributed by atoms with van der Waals surface area (Å²) in [5.41, 5.74) is 2.12. The van der Waals surface area contributed by atoms with Crippen molar-refractivity contribution in [1.29, 1.82) is 0 Å². The largest absolute Gasteiger partial charge is 0.381 e. The van der Waals surface area contributed by atoms with Gasteiger partial charge in [0, 0.05) is 43.7 Å². The van der Waals surface area contributed by atoms with Crippen molar-refractivity contribution >= 4 is 17.5 Å². The van der Waals surface area contributed by atoms with E-state index in [1.54, 1.807) is 0 Å². The minimum absolute atomic E-state index is 0.0373. The van der Waals surface area contributed by atoms with Gasteiger partial charge in [-0.25, -0.2) is 0 Å². The number of nitrogens with zero attached hydrogens (tertiary/aromatic N) is 1. The van der Waals surface area contributed by atoms with Gasteiger partial charge < -0.3 is 9.64 Å². The van der Waals surface area contributed by atoms with Crippen LogP contribution >= 0.6 is 11.6 Å². The molecule has 0 bridgehead atoms. The molecule has 0 N–H and O–H groups in total. The maximum absolute atomic E-state index is 13.0. The summed E-state index contributed by atoms with van der Waals surface area (Å²) >= 11 is 6.44. The third kappa shape index (κ3) is 4.42. The molecule has 3 rings (SSSR count). The van der Waals surface area contributed by atoms with Gasteiger partial charge in [0.05, 0.1) is 0 Å². The number of amides is 1. The fraction of sp³-hybridized carbons (Fsp3) is 0.381. The maximum Gasteiger partial charge on any atom is 0.223 e. The van der Waals surface area contributed by atoms with E-state index in [4.69, 9.17) is 16.3 Å². The van der Waals surface area contributed by atoms with Crippen molar-refractivity contribution in [2.75, 3.05) is 20.3 Å². The first-order valence-corrected chi connectivity index (χ1v) is 9.17. The monoisotopic (exact) mass is 357 g/mol. The Labute approximate surface area is 154 Å². The summed E-state index contributed by atoms with van der Waals surface area (Å²) in [6, 6.07) is 18.2. The standard InChI is InChI=1S/C21H24ClNO2/c1-23(17-11-13-25-14-12-17)21(24)15-19(16-7-3-2-4-8-16)18-9-5-6-10-20(18)22/h2-10,17,19H,11-15H2,1H3/t19-/m0/s1. The van der Waals surface area contributed by atoms with E-state index in [1.807, 2.05) is 54.4 Å². The Morgan fingerprint density at radius 3 is 2.44 bits per heavy atom. The zero-order valence-electron chi connectivity index (χ0n) is 14.5. The van der Waals surface area contributed by atoms with Crippen molar-refractivity contribution in [1.82, 2.24) is 4.90 Å². The first-order valence-electron chi connectivity index (χ1n) is 8.79. The van der Waals surface area contributed by atoms with Crippen LogP contribution in [0.15, 0.2) is 54.6 Å². The lowest BCUT2D eigenvalue weighted by Crippen LogP contribution is -2.41. The van der Waals surface area contributed by atoms with Crippen LogP contribution in [0.2, 0.25) is 5.02 Å². The van der Waals surface area contributed by atoms with Gasteiger partial charge in [-0.1, -0.05) is 60.1 Å². The molecule has 1 aliphatic rings. The van der Waals surface area contributed by atoms with Crippen LogP contribution in [0.25, 0.3) is 0 Å². The summed E-state index contributed by atoms with van der Waals surface area (Å²) in [7, 11) is 1.91. The number of rotatable bonds is 5. The van der Waals surface area contributed by atoms with Crippen LogP contribution in [0.1, 0.15) is 36.3 Å². The highest BCUT2D eigenvalue weighted by Crippen LogP contribution is 2.33. The highest BCUT2D eigenvalue weighted by atomic mass is 35.5. The Bertz CT molecular complexity index is 698. The van der Waals surface area contributed by atoms with Crippen molar-refractivity contribution in [2.24, 2.45) is 0 Å². The molecule has 1 amide bonds. The normalized spacial score (nSPS) is 16.4. The smallest absolute Gasteiger partial charge is 0.223 e. The van der Waals surface area contributed by atoms with Crippen molar-refractivity contribution in [3.63, 3.8) is 0 Å². The Kier molecular flexibility index (Phi) is 6.11. The van der Waals surface area contributed by atoms with Gasteiger partial charge in [-0.2, -0.15) is 0 Å². The lowest BCUT2D eigenvalue weighted by Gasteiger charge is -2.32. The van der Waals surface area contributed by atoms with Crippen LogP contribution in [0.4, 0.5) is 0 Å². The van der Waals surface area contributed by atoms with E-state index in [0.29, 0.717) is 11.4 Å². The van der Waals surface area contributed by atoms with Gasteiger partial charge in [0.2, 0.25) is 5.91 Å². The zero-order valence-corrected chi connectivity index (χ0v) is 15.3. The molecule has 1 heterocycles. The quantitative estimate of drug-likeness (QED) is 0.788. The van der Waals surface area contributed by atoms with Gasteiger partial charge in [-0.3, -0.25) is 4.79 Å². The molecule has 1 atom stereocenters. The zero-order chi connectivity index (χ0) is 17.6. The molecule has 0 saturated carbocycles. The Balaban J connectivity index is 1.83. The van der Waals surface area contributed by atoms with Gasteiger partial charge in [0.1, 0.15) is 0 Å². The van der Waals surface area contributed by atoms with E-state index >= 15 is 0 Å². The number of carbonyl (C=O) groups is 1. The minimum atomic E-state index is -0.0373. The number of carbonyl (C=O) groups excluding carboxylic acids is 1. The molecule has 0 aromatic heterocycles. The number of hydrogen-bond donors (Lipinski definition) is 0. The van der Waals surface area contributed by atoms with Gasteiger partial charge >= 0.3 is 0 Å². The molecule has 25 heavy (non-hydrogen) atoms. The first-order chi connectivity index (χ1) is 12.2. The second-order valence-corrected chi connectivity index (χ2v) is 6.94. The Morgan fingerprint density at radius 1 is 1.12 bits per heavy atom. The highest BCUT2D eigenvalue weighted by molar-refractivity contribution is 6.31. The number of halogens is 1. The number of benzene rings is 2. The van der Waals surface area contributed by atoms with E-state index in [9.17, 15) is 4.79 Å². The molecule has 2 aromatic rings. The SMILES string of the molecule is CN(C(=O)C[C@@H](c1ccccc1)c1ccccc1Cl)C1CCOCC1. The average Bonchev–Trinajstić information content (AvgIpc) is 2.67. The molecule has 0 unspecified atom stereocenters. The predicted octanol–water partition coefficient (Wildman–Crippen LogP) is 4.50. The summed E-state index contributed by atoms with van der Waals surface area (Å²) < 4.78 is 5.41. The molecule has 1 saturated heterocycles. The molecular weight excluding hydrogens is 334 g/mol. The summed E-state index contributed by atoms with van der Waals surface area (Å²) in [6.45, 7) is 1.46. The van der Waals surface area contributed by atoms with Gasteiger partial charge in [-0.15, -0.1) is 0 Å². The van der Waals surface area contributed by atoms with E-state index in [2.05, 4.69) is 12.1 Å². The number of ether oxygens (including phenoxy) is 1. The summed E-state index contributed by atoms with van der Waals surface area (Å²) in [4.78, 5) is 14.9. The minimum Gasteiger partial charge on any atom is -0.381 e. The van der Waals surface area contributed by atoms with Crippen LogP contribution in [0.3, 0.4) is 0 Å². The van der Waals surface area contributed by atoms with E-state index < -0.39 is 0 Å². The summed E-state index contributed by atoms with van der Waals surface area (Å²) in [5, 5.41) is 0.706. The average molecular weight is 358 g/mol. The molecule has 0 spiro atoms. The summed E-state index contributed by atoms with van der Waals surface area (Å²) in [5.74, 6) is 0.116. The topological polar surface area (TPSA) is 29.5 Å². The third-order valence-electron chi connectivity index (χ3n) is 4.99. The second kappa shape index (κ2) is 8.50. The van der Waals surface area contributed by atoms with Crippen molar-refractivity contribution in [3.8, 4) is 0 Å². The Morgan fingerprint density at radius 2 is 1.76 bits per heavy atom. The predicted molar refractivity (Wildman–Crippen MR) is 101 cm³/mol.